The topological polar surface area (TPSA) is 55.4 Å². The van der Waals surface area contributed by atoms with E-state index in [2.05, 4.69) is 4.72 Å². The van der Waals surface area contributed by atoms with Crippen LogP contribution in [-0.2, 0) is 10.0 Å². The Hall–Kier alpha value is -0.780. The number of halogens is 1. The van der Waals surface area contributed by atoms with E-state index < -0.39 is 10.0 Å². The summed E-state index contributed by atoms with van der Waals surface area (Å²) in [5.41, 5.74) is 0. The van der Waals surface area contributed by atoms with Gasteiger partial charge in [-0.05, 0) is 18.2 Å². The molecule has 0 fully saturated rings. The lowest BCUT2D eigenvalue weighted by atomic mass is 10.3. The average molecular weight is 250 g/mol. The Morgan fingerprint density at radius 3 is 2.67 bits per heavy atom. The first kappa shape index (κ1) is 12.3. The molecule has 0 saturated carbocycles. The molecule has 15 heavy (non-hydrogen) atoms. The van der Waals surface area contributed by atoms with Gasteiger partial charge in [-0.3, -0.25) is 0 Å². The van der Waals surface area contributed by atoms with Crippen molar-refractivity contribution in [2.24, 2.45) is 0 Å². The van der Waals surface area contributed by atoms with Crippen LogP contribution in [0.5, 0.6) is 5.75 Å². The van der Waals surface area contributed by atoms with E-state index in [4.69, 9.17) is 16.3 Å². The van der Waals surface area contributed by atoms with Crippen molar-refractivity contribution in [1.82, 2.24) is 4.72 Å². The van der Waals surface area contributed by atoms with Crippen LogP contribution in [0.15, 0.2) is 23.1 Å². The van der Waals surface area contributed by atoms with Crippen molar-refractivity contribution in [3.8, 4) is 5.75 Å². The fourth-order valence-electron chi connectivity index (χ4n) is 1.13. The van der Waals surface area contributed by atoms with E-state index in [0.717, 1.165) is 0 Å². The number of ether oxygens (including phenoxy) is 1. The molecule has 0 heterocycles. The van der Waals surface area contributed by atoms with Crippen LogP contribution < -0.4 is 9.46 Å². The average Bonchev–Trinajstić information content (AvgIpc) is 2.17. The third-order valence-corrected chi connectivity index (χ3v) is 3.55. The fraction of sp³-hybridized carbons (Fsp3) is 0.333. The molecule has 1 N–H and O–H groups in total. The smallest absolute Gasteiger partial charge is 0.244 e. The molecule has 0 saturated heterocycles. The van der Waals surface area contributed by atoms with Gasteiger partial charge in [-0.2, -0.15) is 0 Å². The largest absolute Gasteiger partial charge is 0.495 e. The maximum absolute atomic E-state index is 11.7. The lowest BCUT2D eigenvalue weighted by Crippen LogP contribution is -2.23. The first-order valence-corrected chi connectivity index (χ1v) is 6.20. The zero-order valence-electron chi connectivity index (χ0n) is 8.45. The standard InChI is InChI=1S/C9H12ClNO3S/c1-3-11-15(12,13)9-6-7(10)4-5-8(9)14-2/h4-6,11H,3H2,1-2H3. The van der Waals surface area contributed by atoms with E-state index >= 15 is 0 Å². The number of nitrogens with one attached hydrogen (secondary N) is 1. The zero-order valence-corrected chi connectivity index (χ0v) is 10.0. The first-order valence-electron chi connectivity index (χ1n) is 4.34. The molecule has 0 bridgehead atoms. The molecule has 0 aliphatic heterocycles. The van der Waals surface area contributed by atoms with Gasteiger partial charge in [0.25, 0.3) is 0 Å². The van der Waals surface area contributed by atoms with Crippen LogP contribution in [0.1, 0.15) is 6.92 Å². The molecule has 0 amide bonds. The quantitative estimate of drug-likeness (QED) is 0.883. The van der Waals surface area contributed by atoms with Gasteiger partial charge in [-0.25, -0.2) is 13.1 Å². The SMILES string of the molecule is CCNS(=O)(=O)c1cc(Cl)ccc1OC. The van der Waals surface area contributed by atoms with E-state index in [1.54, 1.807) is 13.0 Å². The fourth-order valence-corrected chi connectivity index (χ4v) is 2.60. The summed E-state index contributed by atoms with van der Waals surface area (Å²) in [5, 5.41) is 0.354. The van der Waals surface area contributed by atoms with E-state index in [-0.39, 0.29) is 10.6 Å². The Morgan fingerprint density at radius 1 is 1.47 bits per heavy atom. The van der Waals surface area contributed by atoms with Crippen molar-refractivity contribution in [3.63, 3.8) is 0 Å². The second-order valence-electron chi connectivity index (χ2n) is 2.80. The van der Waals surface area contributed by atoms with Gasteiger partial charge < -0.3 is 4.74 Å². The second kappa shape index (κ2) is 4.83. The third-order valence-electron chi connectivity index (χ3n) is 1.75. The maximum Gasteiger partial charge on any atom is 0.244 e. The molecule has 0 aliphatic rings. The van der Waals surface area contributed by atoms with E-state index in [1.807, 2.05) is 0 Å². The summed E-state index contributed by atoms with van der Waals surface area (Å²) in [5.74, 6) is 0.278. The predicted molar refractivity (Wildman–Crippen MR) is 58.9 cm³/mol. The number of benzene rings is 1. The highest BCUT2D eigenvalue weighted by Crippen LogP contribution is 2.26. The van der Waals surface area contributed by atoms with Crippen LogP contribution in [-0.4, -0.2) is 22.1 Å². The van der Waals surface area contributed by atoms with Gasteiger partial charge in [0.1, 0.15) is 10.6 Å². The molecule has 0 aliphatic carbocycles. The minimum Gasteiger partial charge on any atom is -0.495 e. The van der Waals surface area contributed by atoms with Crippen LogP contribution in [0.4, 0.5) is 0 Å². The Balaban J connectivity index is 3.28. The summed E-state index contributed by atoms with van der Waals surface area (Å²) >= 11 is 5.73. The summed E-state index contributed by atoms with van der Waals surface area (Å²) < 4.78 is 30.8. The van der Waals surface area contributed by atoms with Gasteiger partial charge >= 0.3 is 0 Å². The molecule has 0 atom stereocenters. The van der Waals surface area contributed by atoms with Crippen LogP contribution in [0.25, 0.3) is 0 Å². The highest BCUT2D eigenvalue weighted by atomic mass is 35.5. The third kappa shape index (κ3) is 2.84. The molecule has 6 heteroatoms. The normalized spacial score (nSPS) is 11.4. The molecule has 4 nitrogen and oxygen atoms in total. The van der Waals surface area contributed by atoms with Crippen LogP contribution in [0, 0.1) is 0 Å². The molecule has 1 aromatic carbocycles. The predicted octanol–water partition coefficient (Wildman–Crippen LogP) is 1.65. The molecule has 0 aromatic heterocycles. The van der Waals surface area contributed by atoms with Gasteiger partial charge in [0.2, 0.25) is 10.0 Å². The van der Waals surface area contributed by atoms with E-state index in [9.17, 15) is 8.42 Å². The van der Waals surface area contributed by atoms with Crippen molar-refractivity contribution in [3.05, 3.63) is 23.2 Å². The Morgan fingerprint density at radius 2 is 2.13 bits per heavy atom. The van der Waals surface area contributed by atoms with Crippen LogP contribution >= 0.6 is 11.6 Å². The van der Waals surface area contributed by atoms with Crippen LogP contribution in [0.2, 0.25) is 5.02 Å². The molecule has 0 unspecified atom stereocenters. The highest BCUT2D eigenvalue weighted by Gasteiger charge is 2.18. The number of hydrogen-bond donors (Lipinski definition) is 1. The summed E-state index contributed by atoms with van der Waals surface area (Å²) in [7, 11) is -2.12. The molecular weight excluding hydrogens is 238 g/mol. The van der Waals surface area contributed by atoms with Gasteiger partial charge in [-0.1, -0.05) is 18.5 Å². The summed E-state index contributed by atoms with van der Waals surface area (Å²) in [6.07, 6.45) is 0. The van der Waals surface area contributed by atoms with E-state index in [1.165, 1.54) is 19.2 Å². The lowest BCUT2D eigenvalue weighted by molar-refractivity contribution is 0.402. The second-order valence-corrected chi connectivity index (χ2v) is 4.97. The summed E-state index contributed by atoms with van der Waals surface area (Å²) in [6.45, 7) is 2.02. The van der Waals surface area contributed by atoms with Gasteiger partial charge in [-0.15, -0.1) is 0 Å². The molecule has 84 valence electrons. The minimum absolute atomic E-state index is 0.0550. The highest BCUT2D eigenvalue weighted by molar-refractivity contribution is 7.89. The van der Waals surface area contributed by atoms with Crippen molar-refractivity contribution >= 4 is 21.6 Å². The molecule has 0 spiro atoms. The van der Waals surface area contributed by atoms with Crippen molar-refractivity contribution in [2.75, 3.05) is 13.7 Å². The number of sulfonamides is 1. The van der Waals surface area contributed by atoms with Crippen molar-refractivity contribution < 1.29 is 13.2 Å². The lowest BCUT2D eigenvalue weighted by Gasteiger charge is -2.09. The molecule has 0 radical (unpaired) electrons. The first-order chi connectivity index (χ1) is 7.01. The van der Waals surface area contributed by atoms with Crippen LogP contribution in [0.3, 0.4) is 0 Å². The minimum atomic E-state index is -3.54. The molecule has 1 aromatic rings. The van der Waals surface area contributed by atoms with Crippen molar-refractivity contribution in [1.29, 1.82) is 0 Å². The van der Waals surface area contributed by atoms with E-state index in [0.29, 0.717) is 11.6 Å². The summed E-state index contributed by atoms with van der Waals surface area (Å²) in [6, 6.07) is 4.45. The molecular formula is C9H12ClNO3S. The monoisotopic (exact) mass is 249 g/mol. The Labute approximate surface area is 94.3 Å². The van der Waals surface area contributed by atoms with Gasteiger partial charge in [0.15, 0.2) is 0 Å². The number of rotatable bonds is 4. The number of methoxy groups -OCH3 is 1. The maximum atomic E-state index is 11.7. The summed E-state index contributed by atoms with van der Waals surface area (Å²) in [4.78, 5) is 0.0550. The van der Waals surface area contributed by atoms with Gasteiger partial charge in [0, 0.05) is 11.6 Å². The van der Waals surface area contributed by atoms with Crippen molar-refractivity contribution in [2.45, 2.75) is 11.8 Å². The zero-order chi connectivity index (χ0) is 11.5. The Kier molecular flexibility index (Phi) is 3.96. The number of hydrogen-bond acceptors (Lipinski definition) is 3. The van der Waals surface area contributed by atoms with Gasteiger partial charge in [0.05, 0.1) is 7.11 Å². The Bertz CT molecular complexity index is 445. The molecule has 1 rings (SSSR count).